The number of nitrogens with one attached hydrogen (secondary N) is 2. The number of anilines is 2. The molecular weight excluding hydrogens is 342 g/mol. The number of nitrogens with zero attached hydrogens (tertiary/aromatic N) is 3. The standard InChI is InChI=1S/C16H19N5O3S/c22-14(8-18-16(23)24)20-15-19-13(10-25-15)11-2-1-7-21(9-11)12-3-5-17-6-4-12/h3-6,10-11,18H,1-2,7-9H2,(H,23,24)(H,19,20,22). The van der Waals surface area contributed by atoms with Crippen molar-refractivity contribution in [2.24, 2.45) is 0 Å². The van der Waals surface area contributed by atoms with Gasteiger partial charge < -0.3 is 20.6 Å². The Morgan fingerprint density at radius 3 is 2.92 bits per heavy atom. The van der Waals surface area contributed by atoms with Crippen molar-refractivity contribution in [2.45, 2.75) is 18.8 Å². The van der Waals surface area contributed by atoms with Gasteiger partial charge in [0.25, 0.3) is 0 Å². The maximum absolute atomic E-state index is 11.7. The van der Waals surface area contributed by atoms with Crippen molar-refractivity contribution in [3.05, 3.63) is 35.6 Å². The summed E-state index contributed by atoms with van der Waals surface area (Å²) in [6.45, 7) is 1.60. The van der Waals surface area contributed by atoms with Crippen LogP contribution in [0.15, 0.2) is 29.9 Å². The average Bonchev–Trinajstić information content (AvgIpc) is 3.09. The molecule has 1 fully saturated rings. The minimum atomic E-state index is -1.23. The van der Waals surface area contributed by atoms with Gasteiger partial charge in [0.2, 0.25) is 5.91 Å². The van der Waals surface area contributed by atoms with Gasteiger partial charge in [-0.3, -0.25) is 9.78 Å². The van der Waals surface area contributed by atoms with Crippen molar-refractivity contribution < 1.29 is 14.7 Å². The van der Waals surface area contributed by atoms with E-state index in [0.717, 1.165) is 37.3 Å². The molecule has 8 nitrogen and oxygen atoms in total. The quantitative estimate of drug-likeness (QED) is 0.753. The highest BCUT2D eigenvalue weighted by Gasteiger charge is 2.24. The van der Waals surface area contributed by atoms with E-state index in [1.807, 2.05) is 22.8 Å². The van der Waals surface area contributed by atoms with Gasteiger partial charge in [0.05, 0.1) is 5.69 Å². The largest absolute Gasteiger partial charge is 0.465 e. The van der Waals surface area contributed by atoms with Gasteiger partial charge >= 0.3 is 6.09 Å². The number of thiazole rings is 1. The third kappa shape index (κ3) is 4.66. The Morgan fingerprint density at radius 2 is 2.16 bits per heavy atom. The van der Waals surface area contributed by atoms with Crippen LogP contribution in [-0.4, -0.2) is 46.7 Å². The average molecular weight is 361 g/mol. The highest BCUT2D eigenvalue weighted by Crippen LogP contribution is 2.31. The first-order valence-electron chi connectivity index (χ1n) is 7.99. The number of rotatable bonds is 5. The van der Waals surface area contributed by atoms with Crippen molar-refractivity contribution in [3.63, 3.8) is 0 Å². The molecule has 9 heteroatoms. The van der Waals surface area contributed by atoms with Gasteiger partial charge in [0, 0.05) is 42.5 Å². The molecule has 0 aliphatic carbocycles. The Hall–Kier alpha value is -2.68. The Bertz CT molecular complexity index is 736. The van der Waals surface area contributed by atoms with Gasteiger partial charge in [0.1, 0.15) is 6.54 Å². The van der Waals surface area contributed by atoms with E-state index in [1.165, 1.54) is 11.3 Å². The van der Waals surface area contributed by atoms with Crippen LogP contribution >= 0.6 is 11.3 Å². The maximum atomic E-state index is 11.7. The lowest BCUT2D eigenvalue weighted by Gasteiger charge is -2.33. The highest BCUT2D eigenvalue weighted by atomic mass is 32.1. The molecule has 132 valence electrons. The Morgan fingerprint density at radius 1 is 1.36 bits per heavy atom. The zero-order valence-corrected chi connectivity index (χ0v) is 14.3. The van der Waals surface area contributed by atoms with Gasteiger partial charge in [-0.1, -0.05) is 0 Å². The van der Waals surface area contributed by atoms with E-state index in [9.17, 15) is 9.59 Å². The molecule has 3 rings (SSSR count). The molecule has 1 saturated heterocycles. The fourth-order valence-corrected chi connectivity index (χ4v) is 3.67. The number of carbonyl (C=O) groups is 2. The fourth-order valence-electron chi connectivity index (χ4n) is 2.86. The molecule has 3 heterocycles. The second kappa shape index (κ2) is 7.93. The summed E-state index contributed by atoms with van der Waals surface area (Å²) in [6, 6.07) is 4.01. The lowest BCUT2D eigenvalue weighted by atomic mass is 9.95. The predicted octanol–water partition coefficient (Wildman–Crippen LogP) is 2.13. The van der Waals surface area contributed by atoms with Gasteiger partial charge in [0.15, 0.2) is 5.13 Å². The highest BCUT2D eigenvalue weighted by molar-refractivity contribution is 7.13. The maximum Gasteiger partial charge on any atom is 0.405 e. The van der Waals surface area contributed by atoms with E-state index >= 15 is 0 Å². The third-order valence-electron chi connectivity index (χ3n) is 4.04. The molecule has 0 aromatic carbocycles. The van der Waals surface area contributed by atoms with Crippen LogP contribution in [0, 0.1) is 0 Å². The molecule has 1 unspecified atom stereocenters. The number of pyridine rings is 1. The van der Waals surface area contributed by atoms with Gasteiger partial charge in [-0.05, 0) is 25.0 Å². The van der Waals surface area contributed by atoms with Crippen LogP contribution in [0.3, 0.4) is 0 Å². The summed E-state index contributed by atoms with van der Waals surface area (Å²) in [7, 11) is 0. The Kier molecular flexibility index (Phi) is 5.44. The normalized spacial score (nSPS) is 17.1. The summed E-state index contributed by atoms with van der Waals surface area (Å²) in [4.78, 5) is 32.9. The van der Waals surface area contributed by atoms with E-state index in [2.05, 4.69) is 20.2 Å². The smallest absolute Gasteiger partial charge is 0.405 e. The first-order chi connectivity index (χ1) is 12.1. The predicted molar refractivity (Wildman–Crippen MR) is 95.2 cm³/mol. The van der Waals surface area contributed by atoms with Crippen molar-refractivity contribution in [1.82, 2.24) is 15.3 Å². The van der Waals surface area contributed by atoms with Crippen molar-refractivity contribution >= 4 is 34.2 Å². The lowest BCUT2D eigenvalue weighted by Crippen LogP contribution is -2.34. The molecule has 1 aliphatic rings. The van der Waals surface area contributed by atoms with E-state index in [0.29, 0.717) is 11.0 Å². The van der Waals surface area contributed by atoms with Crippen LogP contribution in [0.5, 0.6) is 0 Å². The van der Waals surface area contributed by atoms with Crippen LogP contribution < -0.4 is 15.5 Å². The number of aromatic nitrogens is 2. The number of amides is 2. The number of carbonyl (C=O) groups excluding carboxylic acids is 1. The van der Waals surface area contributed by atoms with E-state index in [-0.39, 0.29) is 6.54 Å². The first-order valence-corrected chi connectivity index (χ1v) is 8.87. The van der Waals surface area contributed by atoms with Crippen LogP contribution in [-0.2, 0) is 4.79 Å². The third-order valence-corrected chi connectivity index (χ3v) is 4.81. The molecule has 1 aliphatic heterocycles. The second-order valence-corrected chi connectivity index (χ2v) is 6.63. The summed E-state index contributed by atoms with van der Waals surface area (Å²) in [5, 5.41) is 15.6. The Labute approximate surface area is 148 Å². The van der Waals surface area contributed by atoms with Crippen LogP contribution in [0.1, 0.15) is 24.5 Å². The Balaban J connectivity index is 1.60. The van der Waals surface area contributed by atoms with Crippen LogP contribution in [0.4, 0.5) is 15.6 Å². The van der Waals surface area contributed by atoms with Gasteiger partial charge in [-0.15, -0.1) is 11.3 Å². The van der Waals surface area contributed by atoms with E-state index < -0.39 is 12.0 Å². The molecule has 0 radical (unpaired) electrons. The van der Waals surface area contributed by atoms with Crippen LogP contribution in [0.2, 0.25) is 0 Å². The summed E-state index contributed by atoms with van der Waals surface area (Å²) < 4.78 is 0. The summed E-state index contributed by atoms with van der Waals surface area (Å²) in [5.41, 5.74) is 2.12. The molecule has 2 aromatic heterocycles. The van der Waals surface area contributed by atoms with Gasteiger partial charge in [-0.2, -0.15) is 0 Å². The molecule has 0 saturated carbocycles. The van der Waals surface area contributed by atoms with Gasteiger partial charge in [-0.25, -0.2) is 9.78 Å². The monoisotopic (exact) mass is 361 g/mol. The molecule has 3 N–H and O–H groups in total. The van der Waals surface area contributed by atoms with Crippen LogP contribution in [0.25, 0.3) is 0 Å². The zero-order chi connectivity index (χ0) is 17.6. The first kappa shape index (κ1) is 17.2. The molecule has 0 bridgehead atoms. The number of hydrogen-bond donors (Lipinski definition) is 3. The molecule has 1 atom stereocenters. The zero-order valence-electron chi connectivity index (χ0n) is 13.5. The van der Waals surface area contributed by atoms with Crippen molar-refractivity contribution in [2.75, 3.05) is 29.9 Å². The topological polar surface area (TPSA) is 107 Å². The van der Waals surface area contributed by atoms with E-state index in [1.54, 1.807) is 12.4 Å². The minimum Gasteiger partial charge on any atom is -0.465 e. The molecule has 2 aromatic rings. The fraction of sp³-hybridized carbons (Fsp3) is 0.375. The van der Waals surface area contributed by atoms with Crippen molar-refractivity contribution in [1.29, 1.82) is 0 Å². The lowest BCUT2D eigenvalue weighted by molar-refractivity contribution is -0.115. The SMILES string of the molecule is O=C(O)NCC(=O)Nc1nc(C2CCCN(c3ccncc3)C2)cs1. The molecule has 25 heavy (non-hydrogen) atoms. The summed E-state index contributed by atoms with van der Waals surface area (Å²) in [6.07, 6.45) is 4.49. The molecular formula is C16H19N5O3S. The minimum absolute atomic E-state index is 0.288. The number of carboxylic acid groups (broad SMARTS) is 1. The number of piperidine rings is 1. The van der Waals surface area contributed by atoms with Crippen molar-refractivity contribution in [3.8, 4) is 0 Å². The number of hydrogen-bond acceptors (Lipinski definition) is 6. The second-order valence-electron chi connectivity index (χ2n) is 5.77. The summed E-state index contributed by atoms with van der Waals surface area (Å²) in [5.74, 6) is -0.119. The molecule has 2 amide bonds. The summed E-state index contributed by atoms with van der Waals surface area (Å²) >= 11 is 1.36. The van der Waals surface area contributed by atoms with E-state index in [4.69, 9.17) is 5.11 Å². The molecule has 0 spiro atoms.